The fourth-order valence-electron chi connectivity index (χ4n) is 2.76. The van der Waals surface area contributed by atoms with Crippen LogP contribution in [0.3, 0.4) is 0 Å². The van der Waals surface area contributed by atoms with E-state index < -0.39 is 5.97 Å². The quantitative estimate of drug-likeness (QED) is 0.763. The third kappa shape index (κ3) is 3.24. The summed E-state index contributed by atoms with van der Waals surface area (Å²) < 4.78 is 1.60. The van der Waals surface area contributed by atoms with Gasteiger partial charge >= 0.3 is 5.97 Å². The van der Waals surface area contributed by atoms with Crippen LogP contribution in [-0.2, 0) is 6.54 Å². The van der Waals surface area contributed by atoms with Crippen LogP contribution in [0.15, 0.2) is 47.3 Å². The standard InChI is InChI=1S/C19H18N2O4/c1-11(2)17-20-16-9-14(22)7-8-15(16)18(23)21(17)10-12-3-5-13(6-4-12)19(24)25/h3-9,11,22H,10H2,1-2H3,(H,24,25). The molecule has 6 nitrogen and oxygen atoms in total. The highest BCUT2D eigenvalue weighted by atomic mass is 16.4. The molecule has 2 aromatic carbocycles. The molecule has 0 aliphatic carbocycles. The summed E-state index contributed by atoms with van der Waals surface area (Å²) in [7, 11) is 0. The van der Waals surface area contributed by atoms with Gasteiger partial charge in [0.1, 0.15) is 11.6 Å². The molecule has 0 radical (unpaired) electrons. The van der Waals surface area contributed by atoms with Gasteiger partial charge in [0.25, 0.3) is 5.56 Å². The first kappa shape index (κ1) is 16.7. The van der Waals surface area contributed by atoms with E-state index in [1.54, 1.807) is 22.8 Å². The summed E-state index contributed by atoms with van der Waals surface area (Å²) in [6.45, 7) is 4.19. The number of aromatic carboxylic acids is 1. The predicted octanol–water partition coefficient (Wildman–Crippen LogP) is 2.97. The average molecular weight is 338 g/mol. The van der Waals surface area contributed by atoms with Gasteiger partial charge in [-0.25, -0.2) is 9.78 Å². The smallest absolute Gasteiger partial charge is 0.335 e. The highest BCUT2D eigenvalue weighted by molar-refractivity contribution is 5.87. The number of carboxylic acids is 1. The summed E-state index contributed by atoms with van der Waals surface area (Å²) in [6.07, 6.45) is 0. The minimum Gasteiger partial charge on any atom is -0.508 e. The van der Waals surface area contributed by atoms with Crippen LogP contribution in [0.2, 0.25) is 0 Å². The Morgan fingerprint density at radius 3 is 2.44 bits per heavy atom. The van der Waals surface area contributed by atoms with Crippen LogP contribution >= 0.6 is 0 Å². The average Bonchev–Trinajstić information content (AvgIpc) is 2.57. The molecular weight excluding hydrogens is 320 g/mol. The van der Waals surface area contributed by atoms with Crippen LogP contribution in [-0.4, -0.2) is 25.7 Å². The van der Waals surface area contributed by atoms with Gasteiger partial charge in [-0.3, -0.25) is 9.36 Å². The van der Waals surface area contributed by atoms with Crippen molar-refractivity contribution in [3.63, 3.8) is 0 Å². The van der Waals surface area contributed by atoms with Crippen molar-refractivity contribution in [1.82, 2.24) is 9.55 Å². The fourth-order valence-corrected chi connectivity index (χ4v) is 2.76. The van der Waals surface area contributed by atoms with Crippen LogP contribution in [0, 0.1) is 0 Å². The molecule has 3 rings (SSSR count). The Labute approximate surface area is 144 Å². The first-order valence-corrected chi connectivity index (χ1v) is 7.92. The van der Waals surface area contributed by atoms with E-state index in [2.05, 4.69) is 4.98 Å². The SMILES string of the molecule is CC(C)c1nc2cc(O)ccc2c(=O)n1Cc1ccc(C(=O)O)cc1. The number of hydrogen-bond acceptors (Lipinski definition) is 4. The number of nitrogens with zero attached hydrogens (tertiary/aromatic N) is 2. The number of aromatic nitrogens is 2. The van der Waals surface area contributed by atoms with Crippen molar-refractivity contribution in [1.29, 1.82) is 0 Å². The fraction of sp³-hybridized carbons (Fsp3) is 0.211. The molecule has 0 amide bonds. The molecular formula is C19H18N2O4. The number of phenolic OH excluding ortho intramolecular Hbond substituents is 1. The molecule has 0 saturated carbocycles. The number of aromatic hydroxyl groups is 1. The van der Waals surface area contributed by atoms with Gasteiger partial charge in [-0.05, 0) is 29.8 Å². The summed E-state index contributed by atoms with van der Waals surface area (Å²) in [4.78, 5) is 28.4. The summed E-state index contributed by atoms with van der Waals surface area (Å²) in [5.41, 5.74) is 1.29. The Kier molecular flexibility index (Phi) is 4.27. The maximum Gasteiger partial charge on any atom is 0.335 e. The molecule has 25 heavy (non-hydrogen) atoms. The minimum atomic E-state index is -0.987. The van der Waals surface area contributed by atoms with Gasteiger partial charge in [0.2, 0.25) is 0 Å². The van der Waals surface area contributed by atoms with Crippen LogP contribution in [0.1, 0.15) is 41.5 Å². The van der Waals surface area contributed by atoms with E-state index >= 15 is 0 Å². The number of rotatable bonds is 4. The van der Waals surface area contributed by atoms with E-state index in [0.717, 1.165) is 5.56 Å². The van der Waals surface area contributed by atoms with Crippen molar-refractivity contribution in [2.45, 2.75) is 26.3 Å². The maximum absolute atomic E-state index is 12.9. The van der Waals surface area contributed by atoms with Crippen LogP contribution < -0.4 is 5.56 Å². The van der Waals surface area contributed by atoms with Crippen molar-refractivity contribution >= 4 is 16.9 Å². The highest BCUT2D eigenvalue weighted by Crippen LogP contribution is 2.20. The molecule has 0 bridgehead atoms. The highest BCUT2D eigenvalue weighted by Gasteiger charge is 2.15. The monoisotopic (exact) mass is 338 g/mol. The lowest BCUT2D eigenvalue weighted by Gasteiger charge is -2.16. The van der Waals surface area contributed by atoms with Gasteiger partial charge in [-0.1, -0.05) is 26.0 Å². The van der Waals surface area contributed by atoms with Crippen LogP contribution in [0.4, 0.5) is 0 Å². The Hall–Kier alpha value is -3.15. The molecule has 0 fully saturated rings. The lowest BCUT2D eigenvalue weighted by molar-refractivity contribution is 0.0697. The van der Waals surface area contributed by atoms with E-state index in [4.69, 9.17) is 5.11 Å². The number of carboxylic acid groups (broad SMARTS) is 1. The zero-order chi connectivity index (χ0) is 18.1. The summed E-state index contributed by atoms with van der Waals surface area (Å²) in [5.74, 6) is -0.293. The topological polar surface area (TPSA) is 92.4 Å². The molecule has 6 heteroatoms. The molecule has 1 heterocycles. The van der Waals surface area contributed by atoms with Crippen molar-refractivity contribution in [3.05, 3.63) is 69.8 Å². The summed E-state index contributed by atoms with van der Waals surface area (Å²) in [6, 6.07) is 10.9. The lowest BCUT2D eigenvalue weighted by atomic mass is 10.1. The Morgan fingerprint density at radius 2 is 1.84 bits per heavy atom. The molecule has 3 aromatic rings. The molecule has 2 N–H and O–H groups in total. The van der Waals surface area contributed by atoms with E-state index in [-0.39, 0.29) is 22.8 Å². The second kappa shape index (κ2) is 6.39. The van der Waals surface area contributed by atoms with E-state index in [1.807, 2.05) is 13.8 Å². The molecule has 0 unspecified atom stereocenters. The van der Waals surface area contributed by atoms with Crippen molar-refractivity contribution in [3.8, 4) is 5.75 Å². The number of hydrogen-bond donors (Lipinski definition) is 2. The molecule has 1 aromatic heterocycles. The van der Waals surface area contributed by atoms with Gasteiger partial charge in [0.05, 0.1) is 23.0 Å². The molecule has 0 aliphatic heterocycles. The van der Waals surface area contributed by atoms with Gasteiger partial charge in [-0.15, -0.1) is 0 Å². The van der Waals surface area contributed by atoms with Gasteiger partial charge in [0, 0.05) is 12.0 Å². The third-order valence-corrected chi connectivity index (χ3v) is 4.03. The molecule has 0 spiro atoms. The van der Waals surface area contributed by atoms with Gasteiger partial charge < -0.3 is 10.2 Å². The predicted molar refractivity (Wildman–Crippen MR) is 94.3 cm³/mol. The lowest BCUT2D eigenvalue weighted by Crippen LogP contribution is -2.26. The van der Waals surface area contributed by atoms with E-state index in [9.17, 15) is 14.7 Å². The molecule has 0 aliphatic rings. The normalized spacial score (nSPS) is 11.2. The largest absolute Gasteiger partial charge is 0.508 e. The molecule has 128 valence electrons. The van der Waals surface area contributed by atoms with Crippen LogP contribution in [0.5, 0.6) is 5.75 Å². The zero-order valence-electron chi connectivity index (χ0n) is 13.9. The number of phenols is 1. The molecule has 0 atom stereocenters. The maximum atomic E-state index is 12.9. The second-order valence-electron chi connectivity index (χ2n) is 6.22. The first-order chi connectivity index (χ1) is 11.9. The van der Waals surface area contributed by atoms with E-state index in [0.29, 0.717) is 23.3 Å². The Balaban J connectivity index is 2.12. The first-order valence-electron chi connectivity index (χ1n) is 7.92. The third-order valence-electron chi connectivity index (χ3n) is 4.03. The minimum absolute atomic E-state index is 0.0118. The van der Waals surface area contributed by atoms with Crippen molar-refractivity contribution < 1.29 is 15.0 Å². The number of fused-ring (bicyclic) bond motifs is 1. The van der Waals surface area contributed by atoms with E-state index in [1.165, 1.54) is 24.3 Å². The number of carbonyl (C=O) groups is 1. The van der Waals surface area contributed by atoms with Gasteiger partial charge in [-0.2, -0.15) is 0 Å². The van der Waals surface area contributed by atoms with Gasteiger partial charge in [0.15, 0.2) is 0 Å². The second-order valence-corrected chi connectivity index (χ2v) is 6.22. The summed E-state index contributed by atoms with van der Waals surface area (Å²) in [5, 5.41) is 19.0. The zero-order valence-corrected chi connectivity index (χ0v) is 13.9. The summed E-state index contributed by atoms with van der Waals surface area (Å²) >= 11 is 0. The van der Waals surface area contributed by atoms with Crippen LogP contribution in [0.25, 0.3) is 10.9 Å². The van der Waals surface area contributed by atoms with Crippen molar-refractivity contribution in [2.75, 3.05) is 0 Å². The Bertz CT molecular complexity index is 1000. The number of benzene rings is 2. The Morgan fingerprint density at radius 1 is 1.16 bits per heavy atom. The molecule has 0 saturated heterocycles. The van der Waals surface area contributed by atoms with Crippen molar-refractivity contribution in [2.24, 2.45) is 0 Å².